The summed E-state index contributed by atoms with van der Waals surface area (Å²) in [4.78, 5) is 11.8. The highest BCUT2D eigenvalue weighted by Gasteiger charge is 2.13. The lowest BCUT2D eigenvalue weighted by Crippen LogP contribution is -2.30. The molecule has 1 saturated carbocycles. The Morgan fingerprint density at radius 2 is 1.95 bits per heavy atom. The highest BCUT2D eigenvalue weighted by atomic mass is 35.5. The van der Waals surface area contributed by atoms with Crippen LogP contribution in [0.25, 0.3) is 0 Å². The van der Waals surface area contributed by atoms with Gasteiger partial charge in [0.05, 0.1) is 15.7 Å². The lowest BCUT2D eigenvalue weighted by atomic mass is 9.87. The second-order valence-corrected chi connectivity index (χ2v) is 6.06. The van der Waals surface area contributed by atoms with Crippen LogP contribution in [0.1, 0.15) is 38.5 Å². The number of hydrogen-bond donors (Lipinski definition) is 2. The van der Waals surface area contributed by atoms with E-state index in [-0.39, 0.29) is 6.03 Å². The van der Waals surface area contributed by atoms with E-state index in [0.29, 0.717) is 22.3 Å². The van der Waals surface area contributed by atoms with Gasteiger partial charge < -0.3 is 10.6 Å². The maximum Gasteiger partial charge on any atom is 0.319 e. The number of hydrogen-bond acceptors (Lipinski definition) is 1. The van der Waals surface area contributed by atoms with Gasteiger partial charge in [-0.15, -0.1) is 0 Å². The molecule has 0 atom stereocenters. The summed E-state index contributed by atoms with van der Waals surface area (Å²) in [5.41, 5.74) is 0.536. The molecule has 2 N–H and O–H groups in total. The minimum Gasteiger partial charge on any atom is -0.338 e. The van der Waals surface area contributed by atoms with Crippen molar-refractivity contribution in [1.82, 2.24) is 5.32 Å². The van der Waals surface area contributed by atoms with E-state index in [1.165, 1.54) is 32.1 Å². The Morgan fingerprint density at radius 1 is 1.20 bits per heavy atom. The number of benzene rings is 1. The highest BCUT2D eigenvalue weighted by molar-refractivity contribution is 6.43. The van der Waals surface area contributed by atoms with E-state index in [4.69, 9.17) is 23.2 Å². The first-order valence-corrected chi connectivity index (χ1v) is 7.91. The number of carbonyl (C=O) groups excluding carboxylic acids is 1. The molecule has 1 aliphatic carbocycles. The fraction of sp³-hybridized carbons (Fsp3) is 0.533. The monoisotopic (exact) mass is 314 g/mol. The zero-order valence-electron chi connectivity index (χ0n) is 11.4. The third-order valence-corrected chi connectivity index (χ3v) is 4.58. The van der Waals surface area contributed by atoms with Crippen molar-refractivity contribution in [2.75, 3.05) is 11.9 Å². The third kappa shape index (κ3) is 4.57. The van der Waals surface area contributed by atoms with Crippen LogP contribution in [-0.2, 0) is 0 Å². The van der Waals surface area contributed by atoms with Gasteiger partial charge in [-0.3, -0.25) is 0 Å². The maximum atomic E-state index is 11.8. The summed E-state index contributed by atoms with van der Waals surface area (Å²) >= 11 is 11.9. The summed E-state index contributed by atoms with van der Waals surface area (Å²) in [6.45, 7) is 0.703. The molecular weight excluding hydrogens is 295 g/mol. The van der Waals surface area contributed by atoms with Crippen molar-refractivity contribution in [3.05, 3.63) is 28.2 Å². The Bertz CT molecular complexity index is 459. The van der Waals surface area contributed by atoms with Gasteiger partial charge in [0.15, 0.2) is 0 Å². The minimum absolute atomic E-state index is 0.232. The summed E-state index contributed by atoms with van der Waals surface area (Å²) in [7, 11) is 0. The van der Waals surface area contributed by atoms with Gasteiger partial charge in [-0.2, -0.15) is 0 Å². The van der Waals surface area contributed by atoms with E-state index in [0.717, 1.165) is 12.3 Å². The normalized spacial score (nSPS) is 15.9. The van der Waals surface area contributed by atoms with Gasteiger partial charge in [-0.25, -0.2) is 4.79 Å². The predicted molar refractivity (Wildman–Crippen MR) is 84.7 cm³/mol. The van der Waals surface area contributed by atoms with Crippen molar-refractivity contribution in [1.29, 1.82) is 0 Å². The molecule has 0 radical (unpaired) electrons. The molecule has 1 fully saturated rings. The van der Waals surface area contributed by atoms with Crippen LogP contribution in [0.5, 0.6) is 0 Å². The molecule has 5 heteroatoms. The Labute approximate surface area is 130 Å². The molecule has 0 aliphatic heterocycles. The Balaban J connectivity index is 1.73. The fourth-order valence-corrected chi connectivity index (χ4v) is 2.98. The van der Waals surface area contributed by atoms with Crippen LogP contribution in [0.2, 0.25) is 10.0 Å². The van der Waals surface area contributed by atoms with Crippen LogP contribution in [0.3, 0.4) is 0 Å². The molecule has 1 aliphatic rings. The zero-order chi connectivity index (χ0) is 14.4. The molecule has 0 aromatic heterocycles. The molecule has 0 spiro atoms. The summed E-state index contributed by atoms with van der Waals surface area (Å²) < 4.78 is 0. The summed E-state index contributed by atoms with van der Waals surface area (Å²) in [6, 6.07) is 4.95. The number of carbonyl (C=O) groups is 1. The SMILES string of the molecule is O=C(NCCC1CCCCC1)Nc1cccc(Cl)c1Cl. The number of nitrogens with one attached hydrogen (secondary N) is 2. The average molecular weight is 315 g/mol. The van der Waals surface area contributed by atoms with E-state index in [1.54, 1.807) is 18.2 Å². The number of anilines is 1. The van der Waals surface area contributed by atoms with Crippen molar-refractivity contribution in [2.24, 2.45) is 5.92 Å². The van der Waals surface area contributed by atoms with Gasteiger partial charge in [0.1, 0.15) is 0 Å². The first-order valence-electron chi connectivity index (χ1n) is 7.15. The van der Waals surface area contributed by atoms with Gasteiger partial charge in [0.2, 0.25) is 0 Å². The molecule has 0 bridgehead atoms. The lowest BCUT2D eigenvalue weighted by molar-refractivity contribution is 0.250. The van der Waals surface area contributed by atoms with Crippen molar-refractivity contribution in [3.63, 3.8) is 0 Å². The highest BCUT2D eigenvalue weighted by Crippen LogP contribution is 2.29. The van der Waals surface area contributed by atoms with Crippen LogP contribution < -0.4 is 10.6 Å². The van der Waals surface area contributed by atoms with Crippen molar-refractivity contribution in [2.45, 2.75) is 38.5 Å². The summed E-state index contributed by atoms with van der Waals surface area (Å²) in [5, 5.41) is 6.40. The molecule has 0 heterocycles. The van der Waals surface area contributed by atoms with Crippen LogP contribution >= 0.6 is 23.2 Å². The standard InChI is InChI=1S/C15H20Cl2N2O/c16-12-7-4-8-13(14(12)17)19-15(20)18-10-9-11-5-2-1-3-6-11/h4,7-8,11H,1-3,5-6,9-10H2,(H2,18,19,20). The molecule has 110 valence electrons. The van der Waals surface area contributed by atoms with Gasteiger partial charge in [-0.1, -0.05) is 61.4 Å². The number of amides is 2. The summed E-state index contributed by atoms with van der Waals surface area (Å²) in [5.74, 6) is 0.763. The van der Waals surface area contributed by atoms with Crippen LogP contribution in [0.15, 0.2) is 18.2 Å². The summed E-state index contributed by atoms with van der Waals surface area (Å²) in [6.07, 6.45) is 7.66. The van der Waals surface area contributed by atoms with Gasteiger partial charge in [-0.05, 0) is 24.5 Å². The molecular formula is C15H20Cl2N2O. The molecule has 2 rings (SSSR count). The van der Waals surface area contributed by atoms with Crippen LogP contribution in [0, 0.1) is 5.92 Å². The van der Waals surface area contributed by atoms with Gasteiger partial charge >= 0.3 is 6.03 Å². The second-order valence-electron chi connectivity index (χ2n) is 5.27. The van der Waals surface area contributed by atoms with Gasteiger partial charge in [0.25, 0.3) is 0 Å². The van der Waals surface area contributed by atoms with E-state index < -0.39 is 0 Å². The topological polar surface area (TPSA) is 41.1 Å². The van der Waals surface area contributed by atoms with Crippen molar-refractivity contribution in [3.8, 4) is 0 Å². The number of rotatable bonds is 4. The molecule has 3 nitrogen and oxygen atoms in total. The first kappa shape index (κ1) is 15.5. The minimum atomic E-state index is -0.232. The first-order chi connectivity index (χ1) is 9.66. The molecule has 20 heavy (non-hydrogen) atoms. The molecule has 0 saturated heterocycles. The number of urea groups is 1. The maximum absolute atomic E-state index is 11.8. The van der Waals surface area contributed by atoms with Gasteiger partial charge in [0, 0.05) is 6.54 Å². The van der Waals surface area contributed by atoms with E-state index in [1.807, 2.05) is 0 Å². The zero-order valence-corrected chi connectivity index (χ0v) is 12.9. The van der Waals surface area contributed by atoms with E-state index >= 15 is 0 Å². The molecule has 0 unspecified atom stereocenters. The Morgan fingerprint density at radius 3 is 2.70 bits per heavy atom. The molecule has 1 aromatic carbocycles. The fourth-order valence-electron chi connectivity index (χ4n) is 2.63. The number of halogens is 2. The quantitative estimate of drug-likeness (QED) is 0.799. The van der Waals surface area contributed by atoms with Crippen molar-refractivity contribution < 1.29 is 4.79 Å². The molecule has 2 amide bonds. The van der Waals surface area contributed by atoms with Crippen molar-refractivity contribution >= 4 is 34.9 Å². The predicted octanol–water partition coefficient (Wildman–Crippen LogP) is 5.09. The average Bonchev–Trinajstić information content (AvgIpc) is 2.45. The van der Waals surface area contributed by atoms with Crippen LogP contribution in [-0.4, -0.2) is 12.6 Å². The van der Waals surface area contributed by atoms with Crippen LogP contribution in [0.4, 0.5) is 10.5 Å². The lowest BCUT2D eigenvalue weighted by Gasteiger charge is -2.21. The van der Waals surface area contributed by atoms with E-state index in [9.17, 15) is 4.79 Å². The third-order valence-electron chi connectivity index (χ3n) is 3.76. The van der Waals surface area contributed by atoms with E-state index in [2.05, 4.69) is 10.6 Å². The smallest absolute Gasteiger partial charge is 0.319 e. The Kier molecular flexibility index (Phi) is 5.99. The Hall–Kier alpha value is -0.930. The largest absolute Gasteiger partial charge is 0.338 e. The second kappa shape index (κ2) is 7.75. The molecule has 1 aromatic rings.